The van der Waals surface area contributed by atoms with E-state index < -0.39 is 17.6 Å². The van der Waals surface area contributed by atoms with Gasteiger partial charge in [-0.3, -0.25) is 4.79 Å². The monoisotopic (exact) mass is 493 g/mol. The minimum Gasteiger partial charge on any atom is -0.323 e. The predicted molar refractivity (Wildman–Crippen MR) is 117 cm³/mol. The molecule has 0 aliphatic heterocycles. The first-order valence-corrected chi connectivity index (χ1v) is 10.7. The Morgan fingerprint density at radius 1 is 1.15 bits per heavy atom. The molecule has 0 aliphatic carbocycles. The van der Waals surface area contributed by atoms with Crippen molar-refractivity contribution in [1.82, 2.24) is 29.5 Å². The van der Waals surface area contributed by atoms with Crippen molar-refractivity contribution < 1.29 is 18.0 Å². The van der Waals surface area contributed by atoms with Crippen molar-refractivity contribution in [3.63, 3.8) is 0 Å². The Bertz CT molecular complexity index is 1270. The van der Waals surface area contributed by atoms with Crippen LogP contribution in [0.3, 0.4) is 0 Å². The maximum Gasteiger partial charge on any atom is 0.416 e. The molecule has 1 N–H and O–H groups in total. The average molecular weight is 494 g/mol. The van der Waals surface area contributed by atoms with Gasteiger partial charge in [-0.15, -0.1) is 10.2 Å². The number of carbonyl (C=O) groups excluding carboxylic acids is 1. The van der Waals surface area contributed by atoms with E-state index in [2.05, 4.69) is 25.6 Å². The average Bonchev–Trinajstić information content (AvgIpc) is 3.42. The number of benzene rings is 2. The minimum atomic E-state index is -4.56. The summed E-state index contributed by atoms with van der Waals surface area (Å²) in [6.07, 6.45) is -2.00. The summed E-state index contributed by atoms with van der Waals surface area (Å²) in [6, 6.07) is 10.1. The Hall–Kier alpha value is -3.38. The Kier molecular flexibility index (Phi) is 6.38. The van der Waals surface area contributed by atoms with E-state index in [4.69, 9.17) is 11.6 Å². The van der Waals surface area contributed by atoms with E-state index in [-0.39, 0.29) is 17.1 Å². The number of thioether (sulfide) groups is 1. The van der Waals surface area contributed by atoms with Crippen molar-refractivity contribution >= 4 is 35.0 Å². The standard InChI is InChI=1S/C20H15ClF3N7OS/c1-30-18(12-2-5-14(21)6-3-12)28-29-19(30)33-9-17(32)27-15-8-13(20(22,23)24)4-7-16(15)31-11-25-10-26-31/h2-8,10-11H,9H2,1H3,(H,27,32). The van der Waals surface area contributed by atoms with E-state index in [1.54, 1.807) is 35.9 Å². The maximum atomic E-state index is 13.2. The van der Waals surface area contributed by atoms with Gasteiger partial charge >= 0.3 is 6.18 Å². The molecule has 13 heteroatoms. The fourth-order valence-electron chi connectivity index (χ4n) is 2.95. The lowest BCUT2D eigenvalue weighted by atomic mass is 10.1. The van der Waals surface area contributed by atoms with Gasteiger partial charge in [0.25, 0.3) is 0 Å². The highest BCUT2D eigenvalue weighted by molar-refractivity contribution is 7.99. The number of nitrogens with zero attached hydrogens (tertiary/aromatic N) is 6. The molecule has 170 valence electrons. The zero-order valence-corrected chi connectivity index (χ0v) is 18.5. The van der Waals surface area contributed by atoms with E-state index in [1.807, 2.05) is 0 Å². The molecule has 2 aromatic carbocycles. The number of anilines is 1. The molecule has 0 unspecified atom stereocenters. The van der Waals surface area contributed by atoms with Crippen molar-refractivity contribution in [2.24, 2.45) is 7.05 Å². The first-order chi connectivity index (χ1) is 15.7. The molecule has 0 aliphatic rings. The molecular weight excluding hydrogens is 479 g/mol. The predicted octanol–water partition coefficient (Wildman–Crippen LogP) is 4.47. The van der Waals surface area contributed by atoms with Crippen LogP contribution in [0.2, 0.25) is 5.02 Å². The van der Waals surface area contributed by atoms with Crippen molar-refractivity contribution in [1.29, 1.82) is 0 Å². The summed E-state index contributed by atoms with van der Waals surface area (Å²) in [6.45, 7) is 0. The second-order valence-electron chi connectivity index (χ2n) is 6.78. The fourth-order valence-corrected chi connectivity index (χ4v) is 3.79. The van der Waals surface area contributed by atoms with Gasteiger partial charge in [0, 0.05) is 17.6 Å². The van der Waals surface area contributed by atoms with Gasteiger partial charge in [-0.1, -0.05) is 23.4 Å². The van der Waals surface area contributed by atoms with E-state index >= 15 is 0 Å². The Balaban J connectivity index is 1.50. The Morgan fingerprint density at radius 3 is 2.58 bits per heavy atom. The van der Waals surface area contributed by atoms with Crippen LogP contribution >= 0.6 is 23.4 Å². The first-order valence-electron chi connectivity index (χ1n) is 9.36. The van der Waals surface area contributed by atoms with Crippen LogP contribution in [0.1, 0.15) is 5.56 Å². The smallest absolute Gasteiger partial charge is 0.323 e. The van der Waals surface area contributed by atoms with E-state index in [0.29, 0.717) is 16.0 Å². The van der Waals surface area contributed by atoms with Gasteiger partial charge in [0.1, 0.15) is 12.7 Å². The maximum absolute atomic E-state index is 13.2. The lowest BCUT2D eigenvalue weighted by Gasteiger charge is -2.14. The molecule has 2 heterocycles. The van der Waals surface area contributed by atoms with Gasteiger partial charge < -0.3 is 9.88 Å². The number of rotatable bonds is 6. The van der Waals surface area contributed by atoms with Gasteiger partial charge in [0.15, 0.2) is 11.0 Å². The molecule has 2 aromatic heterocycles. The number of hydrogen-bond donors (Lipinski definition) is 1. The Labute approximate surface area is 194 Å². The van der Waals surface area contributed by atoms with E-state index in [0.717, 1.165) is 29.5 Å². The summed E-state index contributed by atoms with van der Waals surface area (Å²) in [7, 11) is 1.75. The molecular formula is C20H15ClF3N7OS. The molecule has 4 aromatic rings. The topological polar surface area (TPSA) is 90.5 Å². The molecule has 33 heavy (non-hydrogen) atoms. The summed E-state index contributed by atoms with van der Waals surface area (Å²) in [4.78, 5) is 16.4. The fraction of sp³-hybridized carbons (Fsp3) is 0.150. The second kappa shape index (κ2) is 9.24. The molecule has 0 atom stereocenters. The van der Waals surface area contributed by atoms with E-state index in [1.165, 1.54) is 23.4 Å². The van der Waals surface area contributed by atoms with Crippen molar-refractivity contribution in [3.05, 3.63) is 65.7 Å². The molecule has 0 saturated heterocycles. The lowest BCUT2D eigenvalue weighted by Crippen LogP contribution is -2.17. The summed E-state index contributed by atoms with van der Waals surface area (Å²) in [5, 5.41) is 15.7. The van der Waals surface area contributed by atoms with Crippen LogP contribution in [0.25, 0.3) is 17.1 Å². The van der Waals surface area contributed by atoms with Gasteiger partial charge in [-0.05, 0) is 42.5 Å². The third-order valence-corrected chi connectivity index (χ3v) is 5.81. The first kappa shape index (κ1) is 22.8. The molecule has 0 radical (unpaired) electrons. The second-order valence-corrected chi connectivity index (χ2v) is 8.16. The number of carbonyl (C=O) groups is 1. The van der Waals surface area contributed by atoms with Gasteiger partial charge in [-0.2, -0.15) is 18.3 Å². The van der Waals surface area contributed by atoms with Crippen LogP contribution in [0, 0.1) is 0 Å². The number of aromatic nitrogens is 6. The zero-order valence-electron chi connectivity index (χ0n) is 16.9. The van der Waals surface area contributed by atoms with Crippen LogP contribution in [0.4, 0.5) is 18.9 Å². The Morgan fingerprint density at radius 2 is 1.91 bits per heavy atom. The van der Waals surface area contributed by atoms with Crippen LogP contribution in [0.15, 0.2) is 60.3 Å². The molecule has 0 spiro atoms. The van der Waals surface area contributed by atoms with Gasteiger partial charge in [0.2, 0.25) is 5.91 Å². The highest BCUT2D eigenvalue weighted by Crippen LogP contribution is 2.33. The summed E-state index contributed by atoms with van der Waals surface area (Å²) >= 11 is 7.01. The molecule has 0 bridgehead atoms. The minimum absolute atomic E-state index is 0.0410. The largest absolute Gasteiger partial charge is 0.416 e. The molecule has 8 nitrogen and oxygen atoms in total. The van der Waals surface area contributed by atoms with Crippen LogP contribution in [-0.2, 0) is 18.0 Å². The molecule has 1 amide bonds. The number of hydrogen-bond acceptors (Lipinski definition) is 6. The third kappa shape index (κ3) is 5.17. The number of alkyl halides is 3. The number of amides is 1. The third-order valence-electron chi connectivity index (χ3n) is 4.53. The SMILES string of the molecule is Cn1c(SCC(=O)Nc2cc(C(F)(F)F)ccc2-n2cncn2)nnc1-c1ccc(Cl)cc1. The van der Waals surface area contributed by atoms with Gasteiger partial charge in [-0.25, -0.2) is 9.67 Å². The van der Waals surface area contributed by atoms with Crippen LogP contribution < -0.4 is 5.32 Å². The zero-order chi connectivity index (χ0) is 23.6. The highest BCUT2D eigenvalue weighted by atomic mass is 35.5. The van der Waals surface area contributed by atoms with Gasteiger partial charge in [0.05, 0.1) is 22.7 Å². The summed E-state index contributed by atoms with van der Waals surface area (Å²) in [5.74, 6) is -0.0303. The van der Waals surface area contributed by atoms with Crippen LogP contribution in [0.5, 0.6) is 0 Å². The number of halogens is 4. The molecule has 4 rings (SSSR count). The molecule has 0 saturated carbocycles. The normalized spacial score (nSPS) is 11.5. The lowest BCUT2D eigenvalue weighted by molar-refractivity contribution is -0.137. The molecule has 0 fully saturated rings. The summed E-state index contributed by atoms with van der Waals surface area (Å²) < 4.78 is 42.5. The number of nitrogens with one attached hydrogen (secondary N) is 1. The van der Waals surface area contributed by atoms with Crippen molar-refractivity contribution in [2.75, 3.05) is 11.1 Å². The highest BCUT2D eigenvalue weighted by Gasteiger charge is 2.31. The van der Waals surface area contributed by atoms with Crippen molar-refractivity contribution in [2.45, 2.75) is 11.3 Å². The van der Waals surface area contributed by atoms with E-state index in [9.17, 15) is 18.0 Å². The summed E-state index contributed by atoms with van der Waals surface area (Å²) in [5.41, 5.74) is 0.116. The van der Waals surface area contributed by atoms with Crippen LogP contribution in [-0.4, -0.2) is 41.2 Å². The van der Waals surface area contributed by atoms with Crippen molar-refractivity contribution in [3.8, 4) is 17.1 Å². The quantitative estimate of drug-likeness (QED) is 0.399.